The number of ether oxygens (including phenoxy) is 3. The Labute approximate surface area is 162 Å². The van der Waals surface area contributed by atoms with Crippen LogP contribution in [0.5, 0.6) is 11.5 Å². The van der Waals surface area contributed by atoms with Crippen molar-refractivity contribution in [2.45, 2.75) is 45.3 Å². The Balaban J connectivity index is 1.60. The van der Waals surface area contributed by atoms with Crippen LogP contribution in [0.15, 0.2) is 18.2 Å². The van der Waals surface area contributed by atoms with E-state index < -0.39 is 0 Å². The van der Waals surface area contributed by atoms with Gasteiger partial charge in [0, 0.05) is 43.8 Å². The topological polar surface area (TPSA) is 60.0 Å². The molecule has 0 bridgehead atoms. The molecular weight excluding hydrogens is 344 g/mol. The van der Waals surface area contributed by atoms with E-state index in [0.29, 0.717) is 35.6 Å². The molecule has 1 N–H and O–H groups in total. The average Bonchev–Trinajstić information content (AvgIpc) is 3.20. The fourth-order valence-electron chi connectivity index (χ4n) is 3.68. The Morgan fingerprint density at radius 2 is 2.04 bits per heavy atom. The molecule has 0 unspecified atom stereocenters. The van der Waals surface area contributed by atoms with Crippen molar-refractivity contribution in [3.05, 3.63) is 23.8 Å². The fourth-order valence-corrected chi connectivity index (χ4v) is 3.68. The Hall–Kier alpha value is -1.79. The number of piperidine rings is 1. The lowest BCUT2D eigenvalue weighted by Crippen LogP contribution is -2.41. The number of nitrogens with one attached hydrogen (secondary N) is 1. The lowest BCUT2D eigenvalue weighted by atomic mass is 10.1. The van der Waals surface area contributed by atoms with Gasteiger partial charge in [-0.1, -0.05) is 0 Å². The molecule has 27 heavy (non-hydrogen) atoms. The Morgan fingerprint density at radius 1 is 1.26 bits per heavy atom. The van der Waals surface area contributed by atoms with E-state index in [4.69, 9.17) is 14.2 Å². The summed E-state index contributed by atoms with van der Waals surface area (Å²) in [6.07, 6.45) is 3.13. The molecule has 0 spiro atoms. The molecule has 2 saturated heterocycles. The number of hydrogen-bond donors (Lipinski definition) is 1. The quantitative estimate of drug-likeness (QED) is 0.793. The third-order valence-corrected chi connectivity index (χ3v) is 5.50. The van der Waals surface area contributed by atoms with E-state index in [9.17, 15) is 4.79 Å². The van der Waals surface area contributed by atoms with Gasteiger partial charge in [0.15, 0.2) is 11.5 Å². The second-order valence-electron chi connectivity index (χ2n) is 7.75. The van der Waals surface area contributed by atoms with E-state index >= 15 is 0 Å². The van der Waals surface area contributed by atoms with E-state index in [1.165, 1.54) is 0 Å². The maximum Gasteiger partial charge on any atom is 0.251 e. The molecule has 150 valence electrons. The zero-order valence-electron chi connectivity index (χ0n) is 16.7. The molecule has 1 aromatic carbocycles. The van der Waals surface area contributed by atoms with E-state index in [2.05, 4.69) is 24.1 Å². The van der Waals surface area contributed by atoms with Gasteiger partial charge in [0.2, 0.25) is 0 Å². The van der Waals surface area contributed by atoms with E-state index in [-0.39, 0.29) is 12.0 Å². The molecule has 1 atom stereocenters. The summed E-state index contributed by atoms with van der Waals surface area (Å²) in [7, 11) is 1.63. The van der Waals surface area contributed by atoms with Crippen molar-refractivity contribution in [1.29, 1.82) is 0 Å². The predicted octanol–water partition coefficient (Wildman–Crippen LogP) is 2.71. The van der Waals surface area contributed by atoms with Crippen molar-refractivity contribution >= 4 is 5.91 Å². The summed E-state index contributed by atoms with van der Waals surface area (Å²) in [6.45, 7) is 8.69. The lowest BCUT2D eigenvalue weighted by Gasteiger charge is -2.34. The molecular formula is C21H32N2O4. The van der Waals surface area contributed by atoms with Crippen LogP contribution in [0.3, 0.4) is 0 Å². The molecule has 2 aliphatic heterocycles. The number of hydrogen-bond acceptors (Lipinski definition) is 5. The third kappa shape index (κ3) is 5.36. The lowest BCUT2D eigenvalue weighted by molar-refractivity contribution is 0.0818. The van der Waals surface area contributed by atoms with Crippen molar-refractivity contribution < 1.29 is 19.0 Å². The van der Waals surface area contributed by atoms with Gasteiger partial charge >= 0.3 is 0 Å². The largest absolute Gasteiger partial charge is 0.493 e. The first-order chi connectivity index (χ1) is 13.1. The number of amides is 1. The van der Waals surface area contributed by atoms with E-state index in [0.717, 1.165) is 45.6 Å². The van der Waals surface area contributed by atoms with Gasteiger partial charge in [-0.2, -0.15) is 0 Å². The standard InChI is InChI=1S/C21H32N2O4/c1-15(2)23-9-6-18(7-10-23)27-20-12-17(4-5-19(20)25-3)21(24)22-13-16-8-11-26-14-16/h4-5,12,15-16,18H,6-11,13-14H2,1-3H3,(H,22,24)/t16-/m0/s1. The molecule has 2 heterocycles. The smallest absolute Gasteiger partial charge is 0.251 e. The summed E-state index contributed by atoms with van der Waals surface area (Å²) in [4.78, 5) is 15.0. The Bertz CT molecular complexity index is 621. The molecule has 1 aromatic rings. The van der Waals surface area contributed by atoms with E-state index in [1.54, 1.807) is 19.2 Å². The SMILES string of the molecule is COc1ccc(C(=O)NC[C@@H]2CCOC2)cc1OC1CCN(C(C)C)CC1. The molecule has 6 nitrogen and oxygen atoms in total. The number of carbonyl (C=O) groups excluding carboxylic acids is 1. The monoisotopic (exact) mass is 376 g/mol. The van der Waals surface area contributed by atoms with Crippen LogP contribution in [0.25, 0.3) is 0 Å². The van der Waals surface area contributed by atoms with Crippen LogP contribution in [0.1, 0.15) is 43.5 Å². The molecule has 0 saturated carbocycles. The third-order valence-electron chi connectivity index (χ3n) is 5.50. The summed E-state index contributed by atoms with van der Waals surface area (Å²) in [5.74, 6) is 1.65. The summed E-state index contributed by atoms with van der Waals surface area (Å²) < 4.78 is 17.0. The first-order valence-electron chi connectivity index (χ1n) is 10.0. The number of benzene rings is 1. The Morgan fingerprint density at radius 3 is 2.67 bits per heavy atom. The van der Waals surface area contributed by atoms with Gasteiger partial charge in [0.05, 0.1) is 13.7 Å². The minimum atomic E-state index is -0.0796. The summed E-state index contributed by atoms with van der Waals surface area (Å²) in [5, 5.41) is 3.01. The van der Waals surface area contributed by atoms with Gasteiger partial charge in [-0.3, -0.25) is 4.79 Å². The van der Waals surface area contributed by atoms with Crippen molar-refractivity contribution in [3.8, 4) is 11.5 Å². The fraction of sp³-hybridized carbons (Fsp3) is 0.667. The normalized spacial score (nSPS) is 21.4. The van der Waals surface area contributed by atoms with Crippen molar-refractivity contribution in [3.63, 3.8) is 0 Å². The molecule has 2 aliphatic rings. The molecule has 2 fully saturated rings. The van der Waals surface area contributed by atoms with Crippen molar-refractivity contribution in [1.82, 2.24) is 10.2 Å². The van der Waals surface area contributed by atoms with Gasteiger partial charge in [-0.25, -0.2) is 0 Å². The minimum absolute atomic E-state index is 0.0796. The van der Waals surface area contributed by atoms with Crippen LogP contribution in [-0.2, 0) is 4.74 Å². The minimum Gasteiger partial charge on any atom is -0.493 e. The van der Waals surface area contributed by atoms with Gasteiger partial charge in [0.25, 0.3) is 5.91 Å². The number of methoxy groups -OCH3 is 1. The van der Waals surface area contributed by atoms with Gasteiger partial charge in [0.1, 0.15) is 6.10 Å². The van der Waals surface area contributed by atoms with Crippen LogP contribution < -0.4 is 14.8 Å². The Kier molecular flexibility index (Phi) is 6.96. The van der Waals surface area contributed by atoms with Crippen molar-refractivity contribution in [2.24, 2.45) is 5.92 Å². The van der Waals surface area contributed by atoms with Crippen LogP contribution in [0.2, 0.25) is 0 Å². The number of rotatable bonds is 7. The number of nitrogens with zero attached hydrogens (tertiary/aromatic N) is 1. The maximum absolute atomic E-state index is 12.5. The molecule has 3 rings (SSSR count). The van der Waals surface area contributed by atoms with Crippen LogP contribution >= 0.6 is 0 Å². The molecule has 0 radical (unpaired) electrons. The van der Waals surface area contributed by atoms with Gasteiger partial charge in [-0.05, 0) is 51.3 Å². The summed E-state index contributed by atoms with van der Waals surface area (Å²) in [5.41, 5.74) is 0.601. The second kappa shape index (κ2) is 9.42. The van der Waals surface area contributed by atoms with Gasteiger partial charge < -0.3 is 24.4 Å². The molecule has 0 aliphatic carbocycles. The van der Waals surface area contributed by atoms with Crippen LogP contribution in [0.4, 0.5) is 0 Å². The zero-order valence-corrected chi connectivity index (χ0v) is 16.7. The van der Waals surface area contributed by atoms with E-state index in [1.807, 2.05) is 6.07 Å². The number of likely N-dealkylation sites (tertiary alicyclic amines) is 1. The predicted molar refractivity (Wildman–Crippen MR) is 105 cm³/mol. The zero-order chi connectivity index (χ0) is 19.2. The highest BCUT2D eigenvalue weighted by molar-refractivity contribution is 5.94. The van der Waals surface area contributed by atoms with Crippen LogP contribution in [-0.4, -0.2) is 62.9 Å². The highest BCUT2D eigenvalue weighted by atomic mass is 16.5. The first-order valence-corrected chi connectivity index (χ1v) is 10.0. The molecule has 1 amide bonds. The second-order valence-corrected chi connectivity index (χ2v) is 7.75. The highest BCUT2D eigenvalue weighted by Gasteiger charge is 2.24. The van der Waals surface area contributed by atoms with Crippen LogP contribution in [0, 0.1) is 5.92 Å². The average molecular weight is 376 g/mol. The first kappa shape index (κ1) is 20.0. The van der Waals surface area contributed by atoms with Crippen molar-refractivity contribution in [2.75, 3.05) is 40.0 Å². The summed E-state index contributed by atoms with van der Waals surface area (Å²) in [6, 6.07) is 5.96. The number of carbonyl (C=O) groups is 1. The highest BCUT2D eigenvalue weighted by Crippen LogP contribution is 2.31. The summed E-state index contributed by atoms with van der Waals surface area (Å²) >= 11 is 0. The maximum atomic E-state index is 12.5. The van der Waals surface area contributed by atoms with Gasteiger partial charge in [-0.15, -0.1) is 0 Å². The molecule has 6 heteroatoms. The molecule has 0 aromatic heterocycles.